The van der Waals surface area contributed by atoms with Crippen molar-refractivity contribution in [2.75, 3.05) is 0 Å². The number of hydrogen-bond acceptors (Lipinski definition) is 5. The molecule has 6 nitrogen and oxygen atoms in total. The maximum atomic E-state index is 15.1. The Kier molecular flexibility index (Phi) is 10.3. The van der Waals surface area contributed by atoms with Gasteiger partial charge in [0.1, 0.15) is 11.6 Å². The van der Waals surface area contributed by atoms with E-state index in [0.717, 1.165) is 72.4 Å². The molecule has 0 radical (unpaired) electrons. The van der Waals surface area contributed by atoms with Gasteiger partial charge in [-0.25, -0.2) is 8.78 Å². The zero-order chi connectivity index (χ0) is 34.8. The molecule has 0 spiro atoms. The Hall–Kier alpha value is -4.53. The first-order chi connectivity index (χ1) is 22.0. The summed E-state index contributed by atoms with van der Waals surface area (Å²) < 4.78 is 109. The van der Waals surface area contributed by atoms with Gasteiger partial charge < -0.3 is 0 Å². The van der Waals surface area contributed by atoms with Crippen LogP contribution in [0.3, 0.4) is 0 Å². The molecule has 4 aromatic carbocycles. The lowest BCUT2D eigenvalue weighted by molar-refractivity contribution is -0.385. The largest absolute Gasteiger partial charge is 0.416 e. The summed E-state index contributed by atoms with van der Waals surface area (Å²) in [6.07, 6.45) is -8.93. The highest BCUT2D eigenvalue weighted by Gasteiger charge is 2.33. The summed E-state index contributed by atoms with van der Waals surface area (Å²) in [6, 6.07) is 10.8. The first kappa shape index (κ1) is 35.3. The van der Waals surface area contributed by atoms with E-state index in [0.29, 0.717) is 12.1 Å². The van der Waals surface area contributed by atoms with Crippen molar-refractivity contribution in [3.05, 3.63) is 127 Å². The molecule has 0 amide bonds. The van der Waals surface area contributed by atoms with Gasteiger partial charge >= 0.3 is 12.4 Å². The van der Waals surface area contributed by atoms with Crippen molar-refractivity contribution in [1.82, 2.24) is 0 Å². The fourth-order valence-corrected chi connectivity index (χ4v) is 6.54. The van der Waals surface area contributed by atoms with E-state index in [1.54, 1.807) is 13.8 Å². The van der Waals surface area contributed by atoms with Crippen LogP contribution in [0.2, 0.25) is 0 Å². The Balaban J connectivity index is 1.80. The summed E-state index contributed by atoms with van der Waals surface area (Å²) in [5.74, 6) is -2.11. The van der Waals surface area contributed by atoms with Gasteiger partial charge in [0, 0.05) is 32.8 Å². The maximum absolute atomic E-state index is 15.1. The number of nitro groups is 2. The fraction of sp³-hybridized carbons (Fsp3) is 0.250. The van der Waals surface area contributed by atoms with Gasteiger partial charge in [-0.2, -0.15) is 26.3 Å². The molecule has 0 aliphatic rings. The van der Waals surface area contributed by atoms with Gasteiger partial charge in [-0.05, 0) is 60.4 Å². The summed E-state index contributed by atoms with van der Waals surface area (Å²) in [5, 5.41) is 22.4. The monoisotopic (exact) mass is 684 g/mol. The summed E-state index contributed by atoms with van der Waals surface area (Å²) in [4.78, 5) is 22.4. The van der Waals surface area contributed by atoms with Gasteiger partial charge in [0.25, 0.3) is 11.4 Å². The number of hydrogen-bond donors (Lipinski definition) is 0. The molecular weight excluding hydrogens is 660 g/mol. The van der Waals surface area contributed by atoms with Gasteiger partial charge in [0.2, 0.25) is 0 Å². The van der Waals surface area contributed by atoms with E-state index in [9.17, 15) is 46.6 Å². The molecule has 15 heteroatoms. The van der Waals surface area contributed by atoms with Crippen molar-refractivity contribution in [2.45, 2.75) is 49.5 Å². The number of benzene rings is 4. The molecule has 0 aromatic heterocycles. The Bertz CT molecular complexity index is 1660. The third kappa shape index (κ3) is 7.72. The van der Waals surface area contributed by atoms with Crippen molar-refractivity contribution >= 4 is 23.1 Å². The zero-order valence-corrected chi connectivity index (χ0v) is 25.3. The Labute approximate surface area is 266 Å². The molecule has 0 saturated heterocycles. The minimum Gasteiger partial charge on any atom is -0.258 e. The molecule has 248 valence electrons. The number of nitro benzene ring substituents is 2. The van der Waals surface area contributed by atoms with Crippen LogP contribution in [0, 0.1) is 31.9 Å². The second-order valence-electron chi connectivity index (χ2n) is 10.4. The van der Waals surface area contributed by atoms with Crippen LogP contribution < -0.4 is 0 Å². The van der Waals surface area contributed by atoms with Gasteiger partial charge in [-0.3, -0.25) is 20.2 Å². The molecule has 0 fully saturated rings. The Morgan fingerprint density at radius 1 is 0.617 bits per heavy atom. The van der Waals surface area contributed by atoms with Gasteiger partial charge in [-0.1, -0.05) is 38.1 Å². The molecule has 0 aliphatic carbocycles. The fourth-order valence-electron chi connectivity index (χ4n) is 5.09. The summed E-state index contributed by atoms with van der Waals surface area (Å²) in [6.45, 7) is 3.31. The van der Waals surface area contributed by atoms with Crippen LogP contribution in [0.25, 0.3) is 22.3 Å². The molecule has 2 unspecified atom stereocenters. The number of alkyl halides is 6. The van der Waals surface area contributed by atoms with Gasteiger partial charge in [0.05, 0.1) is 33.1 Å². The normalized spacial score (nSPS) is 13.3. The zero-order valence-electron chi connectivity index (χ0n) is 24.5. The number of halogens is 8. The average Bonchev–Trinajstić information content (AvgIpc) is 3.01. The van der Waals surface area contributed by atoms with Crippen LogP contribution in [0.15, 0.2) is 72.8 Å². The van der Waals surface area contributed by atoms with Gasteiger partial charge in [0.15, 0.2) is 0 Å². The first-order valence-corrected chi connectivity index (χ1v) is 14.9. The van der Waals surface area contributed by atoms with Crippen molar-refractivity contribution in [3.8, 4) is 22.3 Å². The van der Waals surface area contributed by atoms with Crippen LogP contribution in [-0.2, 0) is 12.4 Å². The molecule has 4 rings (SSSR count). The minimum absolute atomic E-state index is 0.00461. The van der Waals surface area contributed by atoms with E-state index in [4.69, 9.17) is 0 Å². The molecule has 2 atom stereocenters. The molecule has 0 heterocycles. The van der Waals surface area contributed by atoms with E-state index in [2.05, 4.69) is 0 Å². The lowest BCUT2D eigenvalue weighted by Crippen LogP contribution is -2.07. The molecule has 0 bridgehead atoms. The SMILES string of the molecule is CCC(SC(CC)c1cc(-c2ccc(C(F)(F)F)cc2)c(F)cc1[N+](=O)[O-])c1cc(-c2ccc(C(F)(F)F)cc2)c(F)cc1[N+](=O)[O-]. The smallest absolute Gasteiger partial charge is 0.258 e. The van der Waals surface area contributed by atoms with Crippen LogP contribution in [0.5, 0.6) is 0 Å². The predicted octanol–water partition coefficient (Wildman–Crippen LogP) is 11.5. The summed E-state index contributed by atoms with van der Waals surface area (Å²) in [7, 11) is 0. The van der Waals surface area contributed by atoms with Crippen LogP contribution in [-0.4, -0.2) is 9.85 Å². The average molecular weight is 685 g/mol. The predicted molar refractivity (Wildman–Crippen MR) is 161 cm³/mol. The third-order valence-electron chi connectivity index (χ3n) is 7.44. The highest BCUT2D eigenvalue weighted by atomic mass is 32.2. The minimum atomic E-state index is -4.65. The van der Waals surface area contributed by atoms with E-state index >= 15 is 8.78 Å². The topological polar surface area (TPSA) is 86.3 Å². The molecule has 4 aromatic rings. The second kappa shape index (κ2) is 13.7. The molecule has 0 aliphatic heterocycles. The summed E-state index contributed by atoms with van der Waals surface area (Å²) >= 11 is 1.04. The van der Waals surface area contributed by atoms with Crippen molar-refractivity contribution in [2.24, 2.45) is 0 Å². The summed E-state index contributed by atoms with van der Waals surface area (Å²) in [5.41, 5.74) is -3.55. The van der Waals surface area contributed by atoms with E-state index in [1.165, 1.54) is 0 Å². The Morgan fingerprint density at radius 3 is 1.19 bits per heavy atom. The van der Waals surface area contributed by atoms with E-state index in [-0.39, 0.29) is 46.2 Å². The van der Waals surface area contributed by atoms with Crippen LogP contribution in [0.1, 0.15) is 59.4 Å². The first-order valence-electron chi connectivity index (χ1n) is 13.9. The van der Waals surface area contributed by atoms with Crippen LogP contribution in [0.4, 0.5) is 46.5 Å². The second-order valence-corrected chi connectivity index (χ2v) is 11.8. The number of nitrogens with zero attached hydrogens (tertiary/aromatic N) is 2. The lowest BCUT2D eigenvalue weighted by atomic mass is 9.97. The molecule has 47 heavy (non-hydrogen) atoms. The molecular formula is C32H24F8N2O4S. The third-order valence-corrected chi connectivity index (χ3v) is 9.27. The molecule has 0 saturated carbocycles. The number of thioether (sulfide) groups is 1. The van der Waals surface area contributed by atoms with Crippen LogP contribution >= 0.6 is 11.8 Å². The van der Waals surface area contributed by atoms with Crippen molar-refractivity contribution in [3.63, 3.8) is 0 Å². The maximum Gasteiger partial charge on any atom is 0.416 e. The molecule has 0 N–H and O–H groups in total. The highest BCUT2D eigenvalue weighted by Crippen LogP contribution is 2.50. The van der Waals surface area contributed by atoms with E-state index < -0.39 is 66.8 Å². The van der Waals surface area contributed by atoms with Crippen molar-refractivity contribution in [1.29, 1.82) is 0 Å². The van der Waals surface area contributed by atoms with E-state index in [1.807, 2.05) is 0 Å². The van der Waals surface area contributed by atoms with Gasteiger partial charge in [-0.15, -0.1) is 11.8 Å². The Morgan fingerprint density at radius 2 is 0.936 bits per heavy atom. The highest BCUT2D eigenvalue weighted by molar-refractivity contribution is 7.99. The number of rotatable bonds is 10. The standard InChI is InChI=1S/C32H24F8N2O4S/c1-3-29(23-13-21(25(33)15-27(23)41(43)44)17-5-9-19(10-6-17)31(35,36)37)47-30(4-2)24-14-22(26(34)16-28(24)42(45)46)18-7-11-20(12-8-18)32(38,39)40/h5-16,29-30H,3-4H2,1-2H3. The lowest BCUT2D eigenvalue weighted by Gasteiger charge is -2.23. The quantitative estimate of drug-likeness (QED) is 0.0943. The van der Waals surface area contributed by atoms with Crippen molar-refractivity contribution < 1.29 is 45.0 Å².